The van der Waals surface area contributed by atoms with Crippen LogP contribution in [0.5, 0.6) is 0 Å². The molecule has 12 N–H and O–H groups in total. The maximum atomic E-state index is 14.6. The maximum Gasteiger partial charge on any atom is 0.246 e. The summed E-state index contributed by atoms with van der Waals surface area (Å²) in [7, 11) is 0. The first-order valence-corrected chi connectivity index (χ1v) is 19.0. The normalized spacial score (nSPS) is 13.5. The van der Waals surface area contributed by atoms with Gasteiger partial charge in [-0.3, -0.25) is 34.0 Å². The number of carbonyl (C=O) groups is 5. The van der Waals surface area contributed by atoms with Gasteiger partial charge in [0.1, 0.15) is 18.1 Å². The highest BCUT2D eigenvalue weighted by molar-refractivity contribution is 6.28. The molecule has 0 rings (SSSR count). The number of ketones is 1. The Morgan fingerprint density at radius 1 is 0.667 bits per heavy atom. The molecule has 0 saturated carbocycles. The van der Waals surface area contributed by atoms with E-state index in [0.717, 1.165) is 25.7 Å². The summed E-state index contributed by atoms with van der Waals surface area (Å²) in [4.78, 5) is 77.0. The van der Waals surface area contributed by atoms with Crippen LogP contribution in [0.4, 0.5) is 0 Å². The topological polar surface area (TPSA) is 267 Å². The van der Waals surface area contributed by atoms with Crippen LogP contribution < -0.4 is 39.3 Å². The largest absolute Gasteiger partial charge is 0.370 e. The summed E-state index contributed by atoms with van der Waals surface area (Å²) in [6.07, 6.45) is 8.75. The van der Waals surface area contributed by atoms with Crippen molar-refractivity contribution >= 4 is 52.9 Å². The molecule has 16 heteroatoms. The van der Waals surface area contributed by atoms with Gasteiger partial charge in [0.05, 0.1) is 11.9 Å². The van der Waals surface area contributed by atoms with Crippen molar-refractivity contribution in [3.8, 4) is 0 Å². The minimum Gasteiger partial charge on any atom is -0.370 e. The van der Waals surface area contributed by atoms with Crippen molar-refractivity contribution in [3.05, 3.63) is 0 Å². The van der Waals surface area contributed by atoms with Gasteiger partial charge < -0.3 is 44.2 Å². The van der Waals surface area contributed by atoms with Crippen LogP contribution in [0.15, 0.2) is 9.98 Å². The summed E-state index contributed by atoms with van der Waals surface area (Å²) in [6, 6.07) is -4.46. The van der Waals surface area contributed by atoms with Crippen molar-refractivity contribution in [3.63, 3.8) is 0 Å². The van der Waals surface area contributed by atoms with E-state index in [1.165, 1.54) is 17.7 Å². The molecule has 0 fully saturated rings. The minimum absolute atomic E-state index is 0.0545. The van der Waals surface area contributed by atoms with Crippen LogP contribution in [-0.4, -0.2) is 89.4 Å². The molecule has 15 nitrogen and oxygen atoms in total. The number of unbranched alkanes of at least 4 members (excludes halogenated alkanes) is 6. The number of carbonyl (C=O) groups excluding carboxylic acids is 5. The monoisotopic (exact) mass is 742 g/mol. The summed E-state index contributed by atoms with van der Waals surface area (Å²) in [5.41, 5.74) is 27.8. The minimum atomic E-state index is -1.22. The third-order valence-corrected chi connectivity index (χ3v) is 8.57. The van der Waals surface area contributed by atoms with E-state index in [1.54, 1.807) is 0 Å². The van der Waals surface area contributed by atoms with E-state index in [1.807, 2.05) is 27.7 Å². The number of rotatable bonds is 29. The number of aliphatic imine (C=N–C) groups is 2. The Morgan fingerprint density at radius 2 is 1.16 bits per heavy atom. The van der Waals surface area contributed by atoms with Crippen molar-refractivity contribution in [1.29, 1.82) is 0 Å². The van der Waals surface area contributed by atoms with Gasteiger partial charge in [0.15, 0.2) is 17.7 Å². The van der Waals surface area contributed by atoms with Gasteiger partial charge in [-0.25, -0.2) is 0 Å². The summed E-state index contributed by atoms with van der Waals surface area (Å²) in [6.45, 7) is 10.0. The second-order valence-electron chi connectivity index (χ2n) is 14.0. The molecule has 4 amide bonds. The molecule has 0 aliphatic rings. The van der Waals surface area contributed by atoms with E-state index in [2.05, 4.69) is 27.5 Å². The van der Waals surface area contributed by atoms with E-state index >= 15 is 0 Å². The fourth-order valence-corrected chi connectivity index (χ4v) is 5.95. The van der Waals surface area contributed by atoms with Crippen LogP contribution in [0.2, 0.25) is 0 Å². The highest BCUT2D eigenvalue weighted by Crippen LogP contribution is 2.23. The highest BCUT2D eigenvalue weighted by Gasteiger charge is 2.41. The fourth-order valence-electron chi connectivity index (χ4n) is 5.77. The first-order valence-electron chi connectivity index (χ1n) is 18.5. The van der Waals surface area contributed by atoms with Crippen LogP contribution in [0.3, 0.4) is 0 Å². The number of primary amides is 1. The zero-order chi connectivity index (χ0) is 38.9. The lowest BCUT2D eigenvalue weighted by Crippen LogP contribution is -2.62. The van der Waals surface area contributed by atoms with Gasteiger partial charge in [0.25, 0.3) is 0 Å². The van der Waals surface area contributed by atoms with Crippen LogP contribution in [0.1, 0.15) is 125 Å². The molecule has 4 atom stereocenters. The number of nitrogens with two attached hydrogens (primary N) is 5. The number of amides is 4. The zero-order valence-corrected chi connectivity index (χ0v) is 32.4. The number of halogens is 1. The number of alkyl halides is 1. The zero-order valence-electron chi connectivity index (χ0n) is 31.6. The number of nitrogens with zero attached hydrogens (tertiary/aromatic N) is 3. The summed E-state index contributed by atoms with van der Waals surface area (Å²) in [5, 5.41) is 5.64. The Morgan fingerprint density at radius 3 is 1.63 bits per heavy atom. The Balaban J connectivity index is 6.56. The molecule has 0 aromatic heterocycles. The quantitative estimate of drug-likeness (QED) is 0.0256. The van der Waals surface area contributed by atoms with Gasteiger partial charge in [-0.2, -0.15) is 0 Å². The Bertz CT molecular complexity index is 1130. The number of Topliss-reactive ketones (excluding diaryl/α,β-unsaturated/α-hetero) is 1. The van der Waals surface area contributed by atoms with Crippen LogP contribution >= 0.6 is 11.6 Å². The molecule has 294 valence electrons. The molecule has 0 spiro atoms. The molecule has 0 saturated heterocycles. The predicted molar refractivity (Wildman–Crippen MR) is 205 cm³/mol. The molecule has 0 heterocycles. The Hall–Kier alpha value is -3.62. The summed E-state index contributed by atoms with van der Waals surface area (Å²) >= 11 is 6.03. The van der Waals surface area contributed by atoms with Gasteiger partial charge in [0.2, 0.25) is 23.6 Å². The van der Waals surface area contributed by atoms with E-state index < -0.39 is 53.6 Å². The molecule has 0 aliphatic heterocycles. The van der Waals surface area contributed by atoms with Crippen molar-refractivity contribution in [2.24, 2.45) is 50.5 Å². The molecule has 0 radical (unpaired) electrons. The van der Waals surface area contributed by atoms with Gasteiger partial charge in [-0.05, 0) is 56.8 Å². The van der Waals surface area contributed by atoms with Crippen molar-refractivity contribution in [2.75, 3.05) is 19.0 Å². The Kier molecular flexibility index (Phi) is 25.2. The van der Waals surface area contributed by atoms with Gasteiger partial charge in [-0.15, -0.1) is 11.6 Å². The molecule has 0 aliphatic carbocycles. The predicted octanol–water partition coefficient (Wildman–Crippen LogP) is 2.16. The van der Waals surface area contributed by atoms with E-state index in [9.17, 15) is 24.0 Å². The smallest absolute Gasteiger partial charge is 0.246 e. The average molecular weight is 743 g/mol. The van der Waals surface area contributed by atoms with Crippen molar-refractivity contribution < 1.29 is 24.0 Å². The standard InChI is InChI=1S/C35H67ClN10O5/c1-6-7-8-9-10-11-12-17-30(48)44-25(15-13-18-42-34(38)39)32(50)45-26(16-14-19-43-35(40)41)33(51)46(28(31(37)49)21-24(4)5)27(20-23(2)3)29(47)22-36/h23-28H,6-22H2,1-5H3,(H2,37,49)(H,44,48)(H,45,50)(H4,38,39,42)(H4,40,41,43)/t25-,26-,27-,28-/m0/s1. The van der Waals surface area contributed by atoms with Crippen molar-refractivity contribution in [1.82, 2.24) is 15.5 Å². The Labute approximate surface area is 310 Å². The van der Waals surface area contributed by atoms with Crippen LogP contribution in [0.25, 0.3) is 0 Å². The molecule has 0 aromatic carbocycles. The number of hydrogen-bond acceptors (Lipinski definition) is 7. The van der Waals surface area contributed by atoms with Gasteiger partial charge in [0, 0.05) is 19.5 Å². The van der Waals surface area contributed by atoms with Crippen molar-refractivity contribution in [2.45, 2.75) is 149 Å². The highest BCUT2D eigenvalue weighted by atomic mass is 35.5. The average Bonchev–Trinajstić information content (AvgIpc) is 3.04. The molecule has 0 unspecified atom stereocenters. The first-order chi connectivity index (χ1) is 24.0. The lowest BCUT2D eigenvalue weighted by Gasteiger charge is -2.39. The number of guanidine groups is 2. The second kappa shape index (κ2) is 27.1. The maximum absolute atomic E-state index is 14.6. The first kappa shape index (κ1) is 47.4. The second-order valence-corrected chi connectivity index (χ2v) is 14.3. The SMILES string of the molecule is CCCCCCCCCC(=O)N[C@@H](CCCN=C(N)N)C(=O)N[C@@H](CCCN=C(N)N)C(=O)N([C@@H](CC(C)C)C(N)=O)[C@@H](CC(C)C)C(=O)CCl. The van der Waals surface area contributed by atoms with Gasteiger partial charge >= 0.3 is 0 Å². The molecule has 0 aromatic rings. The molecular weight excluding hydrogens is 676 g/mol. The number of nitrogens with one attached hydrogen (secondary N) is 2. The van der Waals surface area contributed by atoms with Crippen LogP contribution in [0, 0.1) is 11.8 Å². The molecule has 51 heavy (non-hydrogen) atoms. The summed E-state index contributed by atoms with van der Waals surface area (Å²) < 4.78 is 0. The van der Waals surface area contributed by atoms with Crippen LogP contribution in [-0.2, 0) is 24.0 Å². The third-order valence-electron chi connectivity index (χ3n) is 8.31. The van der Waals surface area contributed by atoms with E-state index in [0.29, 0.717) is 12.8 Å². The molecular formula is C35H67ClN10O5. The fraction of sp³-hybridized carbons (Fsp3) is 0.800. The summed E-state index contributed by atoms with van der Waals surface area (Å²) in [5.74, 6) is -3.56. The lowest BCUT2D eigenvalue weighted by atomic mass is 9.93. The molecule has 0 bridgehead atoms. The number of hydrogen-bond donors (Lipinski definition) is 7. The lowest BCUT2D eigenvalue weighted by molar-refractivity contribution is -0.149. The van der Waals surface area contributed by atoms with E-state index in [-0.39, 0.29) is 81.3 Å². The van der Waals surface area contributed by atoms with E-state index in [4.69, 9.17) is 40.3 Å². The third kappa shape index (κ3) is 21.4. The van der Waals surface area contributed by atoms with Gasteiger partial charge in [-0.1, -0.05) is 73.1 Å².